The predicted octanol–water partition coefficient (Wildman–Crippen LogP) is 8.27. The van der Waals surface area contributed by atoms with Crippen molar-refractivity contribution in [2.24, 2.45) is 15.4 Å². The molecule has 2 aromatic carbocycles. The number of hydrogen-bond donors (Lipinski definition) is 0. The van der Waals surface area contributed by atoms with Gasteiger partial charge in [0.05, 0.1) is 11.7 Å². The second-order valence-corrected chi connectivity index (χ2v) is 11.2. The first-order valence-corrected chi connectivity index (χ1v) is 13.6. The van der Waals surface area contributed by atoms with Crippen LogP contribution in [-0.4, -0.2) is 24.3 Å². The first-order valence-electron chi connectivity index (χ1n) is 10.9. The van der Waals surface area contributed by atoms with E-state index in [1.54, 1.807) is 0 Å². The fraction of sp³-hybridized carbons (Fsp3) is 0.462. The molecule has 1 aliphatic heterocycles. The molecule has 0 bridgehead atoms. The van der Waals surface area contributed by atoms with Crippen LogP contribution in [0.3, 0.4) is 0 Å². The van der Waals surface area contributed by atoms with Crippen molar-refractivity contribution in [3.8, 4) is 0 Å². The van der Waals surface area contributed by atoms with Crippen LogP contribution in [0.1, 0.15) is 77.0 Å². The van der Waals surface area contributed by atoms with Gasteiger partial charge in [0.2, 0.25) is 5.90 Å². The molecule has 0 radical (unpaired) electrons. The molecular weight excluding hydrogens is 486 g/mol. The van der Waals surface area contributed by atoms with Gasteiger partial charge in [-0.1, -0.05) is 97.0 Å². The molecule has 2 aromatic rings. The minimum atomic E-state index is 0.0580. The zero-order valence-corrected chi connectivity index (χ0v) is 22.4. The molecule has 1 aliphatic rings. The van der Waals surface area contributed by atoms with Crippen molar-refractivity contribution in [2.75, 3.05) is 6.61 Å². The number of nitrogens with zero attached hydrogens (tertiary/aromatic N) is 2. The van der Waals surface area contributed by atoms with E-state index in [-0.39, 0.29) is 11.5 Å². The zero-order chi connectivity index (χ0) is 23.9. The molecule has 0 aromatic heterocycles. The number of halogens is 2. The van der Waals surface area contributed by atoms with Crippen molar-refractivity contribution < 1.29 is 17.4 Å². The average molecular weight is 520 g/mol. The van der Waals surface area contributed by atoms with Gasteiger partial charge in [-0.15, -0.1) is 0 Å². The summed E-state index contributed by atoms with van der Waals surface area (Å²) in [5, 5.41) is 0. The summed E-state index contributed by atoms with van der Waals surface area (Å²) in [6, 6.07) is 16.9. The fourth-order valence-electron chi connectivity index (χ4n) is 3.53. The third-order valence-electron chi connectivity index (χ3n) is 5.47. The van der Waals surface area contributed by atoms with E-state index >= 15 is 0 Å². The first-order chi connectivity index (χ1) is 15.1. The SMILES string of the molecule is CC(C)c1cccc(C(C)C)c1N=C(C1=N[C@@H](C(C)(C)C)CO1)c1ccccc1.[Cl][Ni][Cl]. The Morgan fingerprint density at radius 2 is 1.50 bits per heavy atom. The van der Waals surface area contributed by atoms with E-state index in [1.165, 1.54) is 11.1 Å². The molecule has 1 atom stereocenters. The van der Waals surface area contributed by atoms with Gasteiger partial charge in [-0.05, 0) is 28.4 Å². The molecule has 32 heavy (non-hydrogen) atoms. The van der Waals surface area contributed by atoms with Crippen LogP contribution in [-0.2, 0) is 17.4 Å². The van der Waals surface area contributed by atoms with Crippen LogP contribution < -0.4 is 0 Å². The molecule has 178 valence electrons. The quantitative estimate of drug-likeness (QED) is 0.289. The number of hydrogen-bond acceptors (Lipinski definition) is 3. The molecule has 3 rings (SSSR count). The Balaban J connectivity index is 0.00000114. The summed E-state index contributed by atoms with van der Waals surface area (Å²) in [5.74, 6) is 1.43. The van der Waals surface area contributed by atoms with Crippen LogP contribution in [0.25, 0.3) is 0 Å². The van der Waals surface area contributed by atoms with Crippen molar-refractivity contribution in [3.63, 3.8) is 0 Å². The second-order valence-electron chi connectivity index (χ2n) is 9.59. The molecule has 0 spiro atoms. The minimum absolute atomic E-state index is 0.0580. The zero-order valence-electron chi connectivity index (χ0n) is 19.9. The van der Waals surface area contributed by atoms with Crippen LogP contribution >= 0.6 is 20.4 Å². The Labute approximate surface area is 208 Å². The van der Waals surface area contributed by atoms with Gasteiger partial charge < -0.3 is 4.74 Å². The van der Waals surface area contributed by atoms with Gasteiger partial charge >= 0.3 is 33.0 Å². The van der Waals surface area contributed by atoms with E-state index in [2.05, 4.69) is 78.8 Å². The van der Waals surface area contributed by atoms with Crippen LogP contribution in [0, 0.1) is 5.41 Å². The summed E-state index contributed by atoms with van der Waals surface area (Å²) in [5.41, 5.74) is 5.50. The molecule has 0 fully saturated rings. The van der Waals surface area contributed by atoms with Crippen LogP contribution in [0.2, 0.25) is 0 Å². The van der Waals surface area contributed by atoms with Crippen LogP contribution in [0.4, 0.5) is 5.69 Å². The summed E-state index contributed by atoms with van der Waals surface area (Å²) < 4.78 is 6.10. The van der Waals surface area contributed by atoms with E-state index < -0.39 is 0 Å². The molecular formula is C26H34Cl2N2NiO. The second kappa shape index (κ2) is 12.2. The van der Waals surface area contributed by atoms with Gasteiger partial charge in [0.1, 0.15) is 12.3 Å². The third-order valence-corrected chi connectivity index (χ3v) is 5.47. The van der Waals surface area contributed by atoms with Gasteiger partial charge in [0, 0.05) is 5.56 Å². The van der Waals surface area contributed by atoms with Crippen molar-refractivity contribution in [2.45, 2.75) is 66.3 Å². The summed E-state index contributed by atoms with van der Waals surface area (Å²) in [7, 11) is 9.40. The van der Waals surface area contributed by atoms with Crippen LogP contribution in [0.5, 0.6) is 0 Å². The van der Waals surface area contributed by atoms with Gasteiger partial charge in [0.15, 0.2) is 0 Å². The third kappa shape index (κ3) is 7.07. The summed E-state index contributed by atoms with van der Waals surface area (Å²) >= 11 is 0.569. The molecule has 0 saturated heterocycles. The standard InChI is InChI=1S/C26H34N2O.2ClH.Ni/c1-17(2)20-14-11-15-21(18(3)4)24(20)28-23(19-12-9-8-10-13-19)25-27-22(16-29-25)26(5,6)7;;;/h8-15,17-18,22H,16H2,1-7H3;2*1H;/q;;;+2/p-2/t22-;;;/m1.../s1. The van der Waals surface area contributed by atoms with Crippen molar-refractivity contribution >= 4 is 37.7 Å². The molecule has 3 nitrogen and oxygen atoms in total. The molecule has 1 heterocycles. The Kier molecular flexibility index (Phi) is 10.3. The summed E-state index contributed by atoms with van der Waals surface area (Å²) in [4.78, 5) is 10.2. The molecule has 0 unspecified atom stereocenters. The molecule has 6 heteroatoms. The number of aliphatic imine (C=N–C) groups is 2. The number of benzene rings is 2. The van der Waals surface area contributed by atoms with Gasteiger partial charge in [-0.3, -0.25) is 0 Å². The normalized spacial score (nSPS) is 16.7. The van der Waals surface area contributed by atoms with Crippen molar-refractivity contribution in [3.05, 3.63) is 65.2 Å². The summed E-state index contributed by atoms with van der Waals surface area (Å²) in [6.07, 6.45) is 0. The summed E-state index contributed by atoms with van der Waals surface area (Å²) in [6.45, 7) is 16.1. The molecule has 0 saturated carbocycles. The Morgan fingerprint density at radius 1 is 0.969 bits per heavy atom. The van der Waals surface area contributed by atoms with E-state index in [9.17, 15) is 0 Å². The molecule has 0 aliphatic carbocycles. The van der Waals surface area contributed by atoms with E-state index in [0.29, 0.717) is 37.0 Å². The van der Waals surface area contributed by atoms with Crippen molar-refractivity contribution in [1.82, 2.24) is 0 Å². The van der Waals surface area contributed by atoms with Gasteiger partial charge in [-0.25, -0.2) is 9.98 Å². The maximum atomic E-state index is 6.10. The topological polar surface area (TPSA) is 34.0 Å². The fourth-order valence-corrected chi connectivity index (χ4v) is 3.53. The average Bonchev–Trinajstić information content (AvgIpc) is 3.23. The predicted molar refractivity (Wildman–Crippen MR) is 136 cm³/mol. The van der Waals surface area contributed by atoms with Gasteiger partial charge in [0.25, 0.3) is 0 Å². The monoisotopic (exact) mass is 518 g/mol. The number of rotatable bonds is 5. The maximum absolute atomic E-state index is 6.10. The first kappa shape index (κ1) is 26.9. The molecule has 0 amide bonds. The van der Waals surface area contributed by atoms with E-state index in [4.69, 9.17) is 35.1 Å². The number of para-hydroxylation sites is 1. The number of ether oxygens (including phenoxy) is 1. The van der Waals surface area contributed by atoms with E-state index in [0.717, 1.165) is 17.0 Å². The van der Waals surface area contributed by atoms with Crippen LogP contribution in [0.15, 0.2) is 58.5 Å². The Bertz CT molecular complexity index is 908. The molecule has 0 N–H and O–H groups in total. The van der Waals surface area contributed by atoms with Crippen molar-refractivity contribution in [1.29, 1.82) is 0 Å². The Hall–Kier alpha value is -1.35. The van der Waals surface area contributed by atoms with E-state index in [1.807, 2.05) is 18.2 Å². The Morgan fingerprint density at radius 3 is 1.94 bits per heavy atom. The van der Waals surface area contributed by atoms with Gasteiger partial charge in [-0.2, -0.15) is 0 Å².